The van der Waals surface area contributed by atoms with E-state index in [1.165, 1.54) is 0 Å². The van der Waals surface area contributed by atoms with Gasteiger partial charge in [0.15, 0.2) is 6.29 Å². The van der Waals surface area contributed by atoms with Crippen LogP contribution in [0.25, 0.3) is 0 Å². The second-order valence-corrected chi connectivity index (χ2v) is 3.42. The van der Waals surface area contributed by atoms with E-state index >= 15 is 0 Å². The number of aliphatic hydroxyl groups is 4. The number of carbonyl (C=O) groups excluding carboxylic acids is 1. The molecule has 5 atom stereocenters. The molecule has 4 N–H and O–H groups in total. The number of ether oxygens (including phenoxy) is 2. The van der Waals surface area contributed by atoms with Crippen LogP contribution in [-0.4, -0.2) is 70.3 Å². The SMILES string of the molecule is O=C([O-])COCC1O[C@@H](O)C(O)[C@@H](O)[C@@H]1O. The molecule has 1 aliphatic rings. The van der Waals surface area contributed by atoms with Gasteiger partial charge in [-0.3, -0.25) is 0 Å². The molecule has 0 saturated carbocycles. The summed E-state index contributed by atoms with van der Waals surface area (Å²) in [6.45, 7) is -1.04. The summed E-state index contributed by atoms with van der Waals surface area (Å²) < 4.78 is 9.31. The molecule has 8 heteroatoms. The monoisotopic (exact) mass is 237 g/mol. The number of hydrogen-bond donors (Lipinski definition) is 4. The van der Waals surface area contributed by atoms with E-state index in [2.05, 4.69) is 4.74 Å². The average molecular weight is 237 g/mol. The Balaban J connectivity index is 2.44. The molecule has 0 spiro atoms. The lowest BCUT2D eigenvalue weighted by Gasteiger charge is -2.38. The predicted molar refractivity (Wildman–Crippen MR) is 44.7 cm³/mol. The van der Waals surface area contributed by atoms with Crippen LogP contribution in [0.1, 0.15) is 0 Å². The zero-order valence-corrected chi connectivity index (χ0v) is 8.22. The predicted octanol–water partition coefficient (Wildman–Crippen LogP) is -4.45. The molecule has 94 valence electrons. The van der Waals surface area contributed by atoms with Crippen molar-refractivity contribution in [3.05, 3.63) is 0 Å². The topological polar surface area (TPSA) is 140 Å². The van der Waals surface area contributed by atoms with Gasteiger partial charge in [-0.1, -0.05) is 0 Å². The molecule has 0 aromatic carbocycles. The van der Waals surface area contributed by atoms with Crippen molar-refractivity contribution in [1.82, 2.24) is 0 Å². The van der Waals surface area contributed by atoms with Gasteiger partial charge in [0.05, 0.1) is 19.2 Å². The van der Waals surface area contributed by atoms with E-state index in [1.807, 2.05) is 0 Å². The highest BCUT2D eigenvalue weighted by molar-refractivity contribution is 5.65. The molecule has 0 aromatic rings. The quantitative estimate of drug-likeness (QED) is 0.384. The Morgan fingerprint density at radius 3 is 2.38 bits per heavy atom. The number of rotatable bonds is 4. The van der Waals surface area contributed by atoms with Gasteiger partial charge in [-0.25, -0.2) is 0 Å². The molecule has 1 saturated heterocycles. The van der Waals surface area contributed by atoms with Crippen LogP contribution < -0.4 is 5.11 Å². The Bertz CT molecular complexity index is 244. The summed E-state index contributed by atoms with van der Waals surface area (Å²) >= 11 is 0. The van der Waals surface area contributed by atoms with Gasteiger partial charge < -0.3 is 39.8 Å². The Hall–Kier alpha value is -0.770. The Morgan fingerprint density at radius 2 is 1.81 bits per heavy atom. The van der Waals surface area contributed by atoms with Crippen LogP contribution in [0.5, 0.6) is 0 Å². The molecule has 1 aliphatic heterocycles. The van der Waals surface area contributed by atoms with Crippen LogP contribution in [0.2, 0.25) is 0 Å². The number of aliphatic hydroxyl groups excluding tert-OH is 4. The highest BCUT2D eigenvalue weighted by Gasteiger charge is 2.42. The minimum atomic E-state index is -1.66. The molecule has 0 bridgehead atoms. The van der Waals surface area contributed by atoms with Crippen LogP contribution in [0.4, 0.5) is 0 Å². The van der Waals surface area contributed by atoms with Crippen molar-refractivity contribution in [2.45, 2.75) is 30.7 Å². The summed E-state index contributed by atoms with van der Waals surface area (Å²) in [6, 6.07) is 0. The van der Waals surface area contributed by atoms with Gasteiger partial charge in [-0.15, -0.1) is 0 Å². The third-order valence-electron chi connectivity index (χ3n) is 2.19. The van der Waals surface area contributed by atoms with Crippen molar-refractivity contribution < 1.29 is 39.8 Å². The molecular formula is C8H13O8-. The number of carboxylic acid groups (broad SMARTS) is 1. The fourth-order valence-corrected chi connectivity index (χ4v) is 1.33. The number of hydrogen-bond acceptors (Lipinski definition) is 8. The van der Waals surface area contributed by atoms with Crippen LogP contribution in [0, 0.1) is 0 Å². The second-order valence-electron chi connectivity index (χ2n) is 3.42. The van der Waals surface area contributed by atoms with Gasteiger partial charge in [-0.05, 0) is 0 Å². The Morgan fingerprint density at radius 1 is 1.19 bits per heavy atom. The first-order valence-corrected chi connectivity index (χ1v) is 4.58. The van der Waals surface area contributed by atoms with Crippen molar-refractivity contribution in [3.8, 4) is 0 Å². The molecule has 0 aromatic heterocycles. The number of carbonyl (C=O) groups is 1. The summed E-state index contributed by atoms with van der Waals surface area (Å²) in [7, 11) is 0. The van der Waals surface area contributed by atoms with Gasteiger partial charge in [0.1, 0.15) is 24.4 Å². The first kappa shape index (κ1) is 13.3. The van der Waals surface area contributed by atoms with E-state index in [4.69, 9.17) is 14.9 Å². The van der Waals surface area contributed by atoms with Gasteiger partial charge in [0.25, 0.3) is 0 Å². The van der Waals surface area contributed by atoms with Gasteiger partial charge in [0, 0.05) is 0 Å². The van der Waals surface area contributed by atoms with E-state index in [-0.39, 0.29) is 6.61 Å². The summed E-state index contributed by atoms with van der Waals surface area (Å²) in [5.74, 6) is -1.44. The van der Waals surface area contributed by atoms with Crippen molar-refractivity contribution in [1.29, 1.82) is 0 Å². The molecule has 8 nitrogen and oxygen atoms in total. The summed E-state index contributed by atoms with van der Waals surface area (Å²) in [5.41, 5.74) is 0. The molecule has 0 aliphatic carbocycles. The summed E-state index contributed by atoms with van der Waals surface area (Å²) in [5, 5.41) is 46.9. The molecule has 1 rings (SSSR count). The Labute approximate surface area is 90.6 Å². The maximum atomic E-state index is 10.0. The zero-order valence-electron chi connectivity index (χ0n) is 8.22. The van der Waals surface area contributed by atoms with E-state index in [1.54, 1.807) is 0 Å². The fraction of sp³-hybridized carbons (Fsp3) is 0.875. The van der Waals surface area contributed by atoms with Gasteiger partial charge >= 0.3 is 0 Å². The van der Waals surface area contributed by atoms with Crippen LogP contribution in [0.3, 0.4) is 0 Å². The normalized spacial score (nSPS) is 39.6. The molecule has 2 unspecified atom stereocenters. The van der Waals surface area contributed by atoms with Crippen molar-refractivity contribution in [2.24, 2.45) is 0 Å². The summed E-state index contributed by atoms with van der Waals surface area (Å²) in [4.78, 5) is 10.0. The lowest BCUT2D eigenvalue weighted by atomic mass is 9.99. The maximum Gasteiger partial charge on any atom is 0.184 e. The number of carboxylic acids is 1. The van der Waals surface area contributed by atoms with E-state index in [9.17, 15) is 20.1 Å². The molecule has 1 heterocycles. The summed E-state index contributed by atoms with van der Waals surface area (Å²) in [6.07, 6.45) is -7.45. The first-order valence-electron chi connectivity index (χ1n) is 4.58. The standard InChI is InChI=1S/C8H14O8/c9-4(10)2-15-1-3-5(11)6(12)7(13)8(14)16-3/h3,5-8,11-14H,1-2H2,(H,9,10)/p-1/t3?,5-,6+,7?,8-/m1/s1. The first-order chi connectivity index (χ1) is 7.43. The molecule has 16 heavy (non-hydrogen) atoms. The Kier molecular flexibility index (Phi) is 4.59. The lowest BCUT2D eigenvalue weighted by Crippen LogP contribution is -2.58. The van der Waals surface area contributed by atoms with Gasteiger partial charge in [-0.2, -0.15) is 0 Å². The second kappa shape index (κ2) is 5.53. The maximum absolute atomic E-state index is 10.0. The average Bonchev–Trinajstić information content (AvgIpc) is 2.22. The van der Waals surface area contributed by atoms with E-state index in [0.717, 1.165) is 0 Å². The highest BCUT2D eigenvalue weighted by atomic mass is 16.6. The van der Waals surface area contributed by atoms with Gasteiger partial charge in [0.2, 0.25) is 0 Å². The highest BCUT2D eigenvalue weighted by Crippen LogP contribution is 2.19. The van der Waals surface area contributed by atoms with Crippen LogP contribution in [-0.2, 0) is 14.3 Å². The van der Waals surface area contributed by atoms with E-state index in [0.29, 0.717) is 0 Å². The van der Waals surface area contributed by atoms with Crippen LogP contribution >= 0.6 is 0 Å². The fourth-order valence-electron chi connectivity index (χ4n) is 1.33. The van der Waals surface area contributed by atoms with Crippen molar-refractivity contribution >= 4 is 5.97 Å². The molecule has 0 amide bonds. The molecule has 1 fully saturated rings. The largest absolute Gasteiger partial charge is 0.548 e. The molecular weight excluding hydrogens is 224 g/mol. The minimum Gasteiger partial charge on any atom is -0.548 e. The number of aliphatic carboxylic acids is 1. The zero-order chi connectivity index (χ0) is 12.3. The van der Waals surface area contributed by atoms with E-state index < -0.39 is 43.3 Å². The minimum absolute atomic E-state index is 0.351. The van der Waals surface area contributed by atoms with Crippen LogP contribution in [0.15, 0.2) is 0 Å². The van der Waals surface area contributed by atoms with Crippen molar-refractivity contribution in [2.75, 3.05) is 13.2 Å². The lowest BCUT2D eigenvalue weighted by molar-refractivity contribution is -0.313. The third-order valence-corrected chi connectivity index (χ3v) is 2.19. The molecule has 0 radical (unpaired) electrons. The smallest absolute Gasteiger partial charge is 0.184 e. The van der Waals surface area contributed by atoms with Crippen molar-refractivity contribution in [3.63, 3.8) is 0 Å². The third kappa shape index (κ3) is 3.11.